The molecule has 0 saturated heterocycles. The number of aliphatic hydroxyl groups is 1. The summed E-state index contributed by atoms with van der Waals surface area (Å²) in [6.07, 6.45) is 3.81. The van der Waals surface area contributed by atoms with Gasteiger partial charge in [0, 0.05) is 4.88 Å². The minimum absolute atomic E-state index is 0.523. The summed E-state index contributed by atoms with van der Waals surface area (Å²) >= 11 is 1.54. The van der Waals surface area contributed by atoms with E-state index in [1.54, 1.807) is 6.92 Å². The maximum atomic E-state index is 10.9. The Bertz CT molecular complexity index is 418. The first-order chi connectivity index (χ1) is 8.02. The summed E-state index contributed by atoms with van der Waals surface area (Å²) in [6, 6.07) is 6.30. The maximum absolute atomic E-state index is 10.9. The van der Waals surface area contributed by atoms with Crippen LogP contribution in [-0.4, -0.2) is 5.11 Å². The summed E-state index contributed by atoms with van der Waals surface area (Å²) in [6.45, 7) is 3.98. The number of hydrogen-bond donors (Lipinski definition) is 1. The molecule has 1 aliphatic rings. The smallest absolute Gasteiger partial charge is 0.114 e. The molecule has 0 radical (unpaired) electrons. The molecule has 1 heterocycles. The minimum atomic E-state index is -1.02. The van der Waals surface area contributed by atoms with E-state index in [2.05, 4.69) is 13.0 Å². The van der Waals surface area contributed by atoms with Crippen molar-refractivity contribution < 1.29 is 5.11 Å². The lowest BCUT2D eigenvalue weighted by atomic mass is 9.62. The molecular weight excluding hydrogens is 230 g/mol. The lowest BCUT2D eigenvalue weighted by Crippen LogP contribution is -2.45. The molecule has 0 aromatic carbocycles. The molecule has 1 N–H and O–H groups in total. The Hall–Kier alpha value is -0.850. The molecule has 1 aromatic rings. The second-order valence-electron chi connectivity index (χ2n) is 5.44. The fraction of sp³-hybridized carbons (Fsp3) is 0.643. The Morgan fingerprint density at radius 3 is 2.94 bits per heavy atom. The van der Waals surface area contributed by atoms with E-state index in [9.17, 15) is 10.4 Å². The third-order valence-electron chi connectivity index (χ3n) is 4.14. The van der Waals surface area contributed by atoms with Crippen LogP contribution in [0.5, 0.6) is 0 Å². The number of nitrogens with zero attached hydrogens (tertiary/aromatic N) is 1. The van der Waals surface area contributed by atoms with Gasteiger partial charge in [-0.1, -0.05) is 25.8 Å². The Labute approximate surface area is 107 Å². The van der Waals surface area contributed by atoms with Gasteiger partial charge in [0.05, 0.1) is 11.5 Å². The van der Waals surface area contributed by atoms with E-state index < -0.39 is 11.0 Å². The maximum Gasteiger partial charge on any atom is 0.114 e. The summed E-state index contributed by atoms with van der Waals surface area (Å²) in [5.41, 5.74) is -1.64. The highest BCUT2D eigenvalue weighted by atomic mass is 32.1. The monoisotopic (exact) mass is 249 g/mol. The predicted molar refractivity (Wildman–Crippen MR) is 69.6 cm³/mol. The largest absolute Gasteiger partial charge is 0.383 e. The van der Waals surface area contributed by atoms with Gasteiger partial charge in [-0.15, -0.1) is 11.3 Å². The zero-order valence-corrected chi connectivity index (χ0v) is 11.3. The number of rotatable bonds is 2. The van der Waals surface area contributed by atoms with E-state index in [1.807, 2.05) is 17.5 Å². The first kappa shape index (κ1) is 12.6. The molecule has 2 nitrogen and oxygen atoms in total. The van der Waals surface area contributed by atoms with Gasteiger partial charge in [0.1, 0.15) is 5.60 Å². The summed E-state index contributed by atoms with van der Waals surface area (Å²) < 4.78 is 0. The second-order valence-corrected chi connectivity index (χ2v) is 6.39. The Morgan fingerprint density at radius 2 is 2.41 bits per heavy atom. The van der Waals surface area contributed by atoms with Crippen molar-refractivity contribution in [3.05, 3.63) is 22.4 Å². The van der Waals surface area contributed by atoms with Crippen molar-refractivity contribution in [1.29, 1.82) is 5.26 Å². The highest BCUT2D eigenvalue weighted by molar-refractivity contribution is 7.10. The molecule has 3 heteroatoms. The molecule has 1 aromatic heterocycles. The predicted octanol–water partition coefficient (Wildman–Crippen LogP) is 3.68. The van der Waals surface area contributed by atoms with E-state index in [0.29, 0.717) is 5.92 Å². The van der Waals surface area contributed by atoms with Crippen molar-refractivity contribution in [3.8, 4) is 6.07 Å². The van der Waals surface area contributed by atoms with Crippen LogP contribution in [0.15, 0.2) is 17.5 Å². The number of hydrogen-bond acceptors (Lipinski definition) is 3. The van der Waals surface area contributed by atoms with Crippen molar-refractivity contribution in [2.45, 2.75) is 45.1 Å². The van der Waals surface area contributed by atoms with Gasteiger partial charge < -0.3 is 5.11 Å². The molecule has 1 saturated carbocycles. The molecular formula is C14H19NOS. The average molecular weight is 249 g/mol. The highest BCUT2D eigenvalue weighted by Crippen LogP contribution is 2.51. The van der Waals surface area contributed by atoms with E-state index in [4.69, 9.17) is 0 Å². The van der Waals surface area contributed by atoms with E-state index >= 15 is 0 Å². The molecule has 2 rings (SSSR count). The van der Waals surface area contributed by atoms with E-state index in [0.717, 1.165) is 24.1 Å². The van der Waals surface area contributed by atoms with Gasteiger partial charge in [-0.05, 0) is 37.1 Å². The topological polar surface area (TPSA) is 44.0 Å². The quantitative estimate of drug-likeness (QED) is 0.869. The van der Waals surface area contributed by atoms with E-state index in [1.165, 1.54) is 17.8 Å². The average Bonchev–Trinajstić information content (AvgIpc) is 2.82. The molecule has 0 bridgehead atoms. The molecule has 1 aliphatic carbocycles. The van der Waals surface area contributed by atoms with Crippen molar-refractivity contribution >= 4 is 11.3 Å². The van der Waals surface area contributed by atoms with Gasteiger partial charge in [-0.3, -0.25) is 0 Å². The molecule has 0 spiro atoms. The van der Waals surface area contributed by atoms with Crippen LogP contribution < -0.4 is 0 Å². The Balaban J connectivity index is 2.38. The standard InChI is InChI=1S/C14H19NOS/c1-11-5-3-7-14(9-11,10-15)13(2,16)12-6-4-8-17-12/h4,6,8,11,16H,3,5,7,9H2,1-2H3. The van der Waals surface area contributed by atoms with Crippen molar-refractivity contribution in [3.63, 3.8) is 0 Å². The molecule has 92 valence electrons. The summed E-state index contributed by atoms with van der Waals surface area (Å²) in [4.78, 5) is 0.910. The zero-order valence-electron chi connectivity index (χ0n) is 10.4. The van der Waals surface area contributed by atoms with Gasteiger partial charge in [0.2, 0.25) is 0 Å². The third-order valence-corrected chi connectivity index (χ3v) is 5.22. The fourth-order valence-corrected chi connectivity index (χ4v) is 3.88. The minimum Gasteiger partial charge on any atom is -0.383 e. The molecule has 0 aliphatic heterocycles. The van der Waals surface area contributed by atoms with Crippen LogP contribution in [0, 0.1) is 22.7 Å². The van der Waals surface area contributed by atoms with Gasteiger partial charge in [0.25, 0.3) is 0 Å². The summed E-state index contributed by atoms with van der Waals surface area (Å²) in [5.74, 6) is 0.523. The van der Waals surface area contributed by atoms with Crippen LogP contribution >= 0.6 is 11.3 Å². The van der Waals surface area contributed by atoms with Crippen molar-refractivity contribution in [1.82, 2.24) is 0 Å². The first-order valence-corrected chi connectivity index (χ1v) is 7.07. The SMILES string of the molecule is CC1CCCC(C#N)(C(C)(O)c2cccs2)C1. The Kier molecular flexibility index (Phi) is 3.29. The van der Waals surface area contributed by atoms with Gasteiger partial charge in [0.15, 0.2) is 0 Å². The lowest BCUT2D eigenvalue weighted by Gasteiger charge is -2.44. The molecule has 1 fully saturated rings. The van der Waals surface area contributed by atoms with Crippen molar-refractivity contribution in [2.75, 3.05) is 0 Å². The lowest BCUT2D eigenvalue weighted by molar-refractivity contribution is -0.0692. The first-order valence-electron chi connectivity index (χ1n) is 6.19. The molecule has 3 atom stereocenters. The normalized spacial score (nSPS) is 32.7. The summed E-state index contributed by atoms with van der Waals surface area (Å²) in [5, 5.41) is 22.4. The fourth-order valence-electron chi connectivity index (χ4n) is 3.00. The van der Waals surface area contributed by atoms with Gasteiger partial charge in [-0.25, -0.2) is 0 Å². The van der Waals surface area contributed by atoms with Crippen LogP contribution in [0.4, 0.5) is 0 Å². The van der Waals surface area contributed by atoms with E-state index in [-0.39, 0.29) is 0 Å². The number of nitriles is 1. The number of thiophene rings is 1. The zero-order chi connectivity index (χ0) is 12.5. The van der Waals surface area contributed by atoms with Crippen LogP contribution in [0.1, 0.15) is 44.4 Å². The van der Waals surface area contributed by atoms with Crippen LogP contribution in [0.2, 0.25) is 0 Å². The summed E-state index contributed by atoms with van der Waals surface area (Å²) in [7, 11) is 0. The molecule has 0 amide bonds. The molecule has 3 unspecified atom stereocenters. The van der Waals surface area contributed by atoms with Gasteiger partial charge in [-0.2, -0.15) is 5.26 Å². The Morgan fingerprint density at radius 1 is 1.65 bits per heavy atom. The van der Waals surface area contributed by atoms with Crippen LogP contribution in [-0.2, 0) is 5.60 Å². The second kappa shape index (κ2) is 4.44. The molecule has 17 heavy (non-hydrogen) atoms. The van der Waals surface area contributed by atoms with Crippen LogP contribution in [0.3, 0.4) is 0 Å². The van der Waals surface area contributed by atoms with Gasteiger partial charge >= 0.3 is 0 Å². The van der Waals surface area contributed by atoms with Crippen molar-refractivity contribution in [2.24, 2.45) is 11.3 Å². The highest BCUT2D eigenvalue weighted by Gasteiger charge is 2.51. The third kappa shape index (κ3) is 2.00. The van der Waals surface area contributed by atoms with Crippen LogP contribution in [0.25, 0.3) is 0 Å².